The summed E-state index contributed by atoms with van der Waals surface area (Å²) in [6.45, 7) is 2.44. The van der Waals surface area contributed by atoms with Gasteiger partial charge in [0, 0.05) is 44.1 Å². The summed E-state index contributed by atoms with van der Waals surface area (Å²) in [5.74, 6) is 0.455. The molecular formula is C21H26N2O5. The third-order valence-electron chi connectivity index (χ3n) is 5.38. The predicted molar refractivity (Wildman–Crippen MR) is 106 cm³/mol. The molecule has 2 aromatic rings. The van der Waals surface area contributed by atoms with E-state index < -0.39 is 11.7 Å². The fourth-order valence-corrected chi connectivity index (χ4v) is 3.79. The van der Waals surface area contributed by atoms with E-state index in [0.717, 1.165) is 17.4 Å². The molecule has 3 rings (SSSR count). The van der Waals surface area contributed by atoms with Crippen LogP contribution in [0.15, 0.2) is 27.4 Å². The number of hydrogen-bond donors (Lipinski definition) is 0. The van der Waals surface area contributed by atoms with Crippen LogP contribution in [0, 0.1) is 6.92 Å². The zero-order chi connectivity index (χ0) is 20.4. The van der Waals surface area contributed by atoms with Crippen molar-refractivity contribution in [1.29, 1.82) is 0 Å². The summed E-state index contributed by atoms with van der Waals surface area (Å²) in [4.78, 5) is 40.7. The van der Waals surface area contributed by atoms with Crippen molar-refractivity contribution >= 4 is 22.8 Å². The average Bonchev–Trinajstić information content (AvgIpc) is 3.16. The number of carbonyl (C=O) groups is 2. The lowest BCUT2D eigenvalue weighted by Gasteiger charge is -2.26. The molecule has 150 valence electrons. The molecule has 0 N–H and O–H groups in total. The zero-order valence-electron chi connectivity index (χ0n) is 16.8. The van der Waals surface area contributed by atoms with Gasteiger partial charge < -0.3 is 19.0 Å². The van der Waals surface area contributed by atoms with Crippen LogP contribution in [0.5, 0.6) is 5.75 Å². The Labute approximate surface area is 163 Å². The number of methoxy groups -OCH3 is 1. The number of rotatable bonds is 5. The molecule has 7 heteroatoms. The van der Waals surface area contributed by atoms with Gasteiger partial charge in [-0.2, -0.15) is 0 Å². The number of nitrogens with zero attached hydrogens (tertiary/aromatic N) is 2. The Morgan fingerprint density at radius 2 is 2.07 bits per heavy atom. The molecule has 2 amide bonds. The Morgan fingerprint density at radius 3 is 2.75 bits per heavy atom. The molecule has 1 aliphatic heterocycles. The maximum absolute atomic E-state index is 12.7. The Hall–Kier alpha value is -2.83. The summed E-state index contributed by atoms with van der Waals surface area (Å²) in [6, 6.07) is 4.94. The van der Waals surface area contributed by atoms with Gasteiger partial charge in [0.25, 0.3) is 0 Å². The van der Waals surface area contributed by atoms with Gasteiger partial charge in [-0.15, -0.1) is 0 Å². The van der Waals surface area contributed by atoms with Crippen molar-refractivity contribution in [2.45, 2.75) is 38.6 Å². The number of fused-ring (bicyclic) bond motifs is 1. The lowest BCUT2D eigenvalue weighted by molar-refractivity contribution is -0.142. The number of amides is 2. The first kappa shape index (κ1) is 19.9. The highest BCUT2D eigenvalue weighted by Gasteiger charge is 2.34. The molecule has 1 unspecified atom stereocenters. The van der Waals surface area contributed by atoms with Crippen molar-refractivity contribution in [2.24, 2.45) is 0 Å². The van der Waals surface area contributed by atoms with Crippen LogP contribution >= 0.6 is 0 Å². The van der Waals surface area contributed by atoms with Gasteiger partial charge in [0.1, 0.15) is 17.4 Å². The van der Waals surface area contributed by atoms with Gasteiger partial charge in [-0.1, -0.05) is 0 Å². The van der Waals surface area contributed by atoms with Crippen molar-refractivity contribution in [3.8, 4) is 5.75 Å². The maximum Gasteiger partial charge on any atom is 0.339 e. The van der Waals surface area contributed by atoms with Crippen molar-refractivity contribution in [3.05, 3.63) is 39.7 Å². The first-order valence-corrected chi connectivity index (χ1v) is 9.44. The summed E-state index contributed by atoms with van der Waals surface area (Å²) < 4.78 is 10.6. The number of likely N-dealkylation sites (N-methyl/N-ethyl adjacent to an activating group) is 1. The van der Waals surface area contributed by atoms with E-state index in [1.807, 2.05) is 19.1 Å². The van der Waals surface area contributed by atoms with Gasteiger partial charge in [0.15, 0.2) is 0 Å². The number of hydrogen-bond acceptors (Lipinski definition) is 5. The Morgan fingerprint density at radius 1 is 1.32 bits per heavy atom. The largest absolute Gasteiger partial charge is 0.497 e. The highest BCUT2D eigenvalue weighted by molar-refractivity contribution is 5.88. The van der Waals surface area contributed by atoms with Crippen LogP contribution in [-0.4, -0.2) is 55.4 Å². The van der Waals surface area contributed by atoms with E-state index in [0.29, 0.717) is 29.9 Å². The zero-order valence-corrected chi connectivity index (χ0v) is 16.8. The second-order valence-corrected chi connectivity index (χ2v) is 7.33. The average molecular weight is 386 g/mol. The van der Waals surface area contributed by atoms with Crippen molar-refractivity contribution in [1.82, 2.24) is 9.80 Å². The van der Waals surface area contributed by atoms with Crippen molar-refractivity contribution in [2.75, 3.05) is 27.7 Å². The number of carbonyl (C=O) groups excluding carboxylic acids is 2. The molecule has 1 atom stereocenters. The molecule has 1 aromatic carbocycles. The van der Waals surface area contributed by atoms with E-state index in [9.17, 15) is 14.4 Å². The minimum atomic E-state index is -0.437. The van der Waals surface area contributed by atoms with Gasteiger partial charge >= 0.3 is 5.63 Å². The van der Waals surface area contributed by atoms with Crippen LogP contribution in [0.2, 0.25) is 0 Å². The third kappa shape index (κ3) is 3.74. The monoisotopic (exact) mass is 386 g/mol. The van der Waals surface area contributed by atoms with Crippen molar-refractivity contribution in [3.63, 3.8) is 0 Å². The van der Waals surface area contributed by atoms with Crippen LogP contribution in [-0.2, 0) is 16.0 Å². The lowest BCUT2D eigenvalue weighted by Crippen LogP contribution is -2.45. The second-order valence-electron chi connectivity index (χ2n) is 7.33. The molecule has 28 heavy (non-hydrogen) atoms. The van der Waals surface area contributed by atoms with E-state index in [1.165, 1.54) is 4.90 Å². The summed E-state index contributed by atoms with van der Waals surface area (Å²) >= 11 is 0. The topological polar surface area (TPSA) is 80.1 Å². The van der Waals surface area contributed by atoms with Crippen LogP contribution in [0.1, 0.15) is 30.4 Å². The van der Waals surface area contributed by atoms with E-state index in [-0.39, 0.29) is 24.7 Å². The predicted octanol–water partition coefficient (Wildman–Crippen LogP) is 2.12. The first-order valence-electron chi connectivity index (χ1n) is 9.44. The van der Waals surface area contributed by atoms with E-state index in [4.69, 9.17) is 9.15 Å². The van der Waals surface area contributed by atoms with Crippen LogP contribution in [0.4, 0.5) is 0 Å². The molecule has 7 nitrogen and oxygen atoms in total. The molecule has 1 fully saturated rings. The summed E-state index contributed by atoms with van der Waals surface area (Å²) in [6.07, 6.45) is 1.95. The fourth-order valence-electron chi connectivity index (χ4n) is 3.79. The van der Waals surface area contributed by atoms with E-state index >= 15 is 0 Å². The molecule has 0 bridgehead atoms. The summed E-state index contributed by atoms with van der Waals surface area (Å²) in [5, 5.41) is 0.824. The van der Waals surface area contributed by atoms with Crippen molar-refractivity contribution < 1.29 is 18.7 Å². The van der Waals surface area contributed by atoms with Crippen LogP contribution in [0.3, 0.4) is 0 Å². The summed E-state index contributed by atoms with van der Waals surface area (Å²) in [7, 11) is 4.95. The quantitative estimate of drug-likeness (QED) is 0.736. The highest BCUT2D eigenvalue weighted by atomic mass is 16.5. The number of likely N-dealkylation sites (tertiary alicyclic amines) is 1. The summed E-state index contributed by atoms with van der Waals surface area (Å²) in [5.41, 5.74) is 1.34. The van der Waals surface area contributed by atoms with Gasteiger partial charge in [-0.25, -0.2) is 4.79 Å². The van der Waals surface area contributed by atoms with Gasteiger partial charge in [0.2, 0.25) is 11.8 Å². The molecule has 0 spiro atoms. The Kier molecular flexibility index (Phi) is 5.72. The minimum Gasteiger partial charge on any atom is -0.497 e. The molecule has 0 radical (unpaired) electrons. The number of benzene rings is 1. The fraction of sp³-hybridized carbons (Fsp3) is 0.476. The molecule has 0 saturated carbocycles. The Bertz CT molecular complexity index is 963. The molecule has 0 aliphatic carbocycles. The third-order valence-corrected chi connectivity index (χ3v) is 5.38. The SMILES string of the molecule is COc1ccc2c(C)c(CCC(=O)N3CCCC3C(=O)N(C)C)c(=O)oc2c1. The van der Waals surface area contributed by atoms with Gasteiger partial charge in [0.05, 0.1) is 7.11 Å². The molecular weight excluding hydrogens is 360 g/mol. The molecule has 1 saturated heterocycles. The number of aryl methyl sites for hydroxylation is 1. The molecule has 1 aliphatic rings. The van der Waals surface area contributed by atoms with Crippen LogP contribution < -0.4 is 10.4 Å². The minimum absolute atomic E-state index is 0.0544. The maximum atomic E-state index is 12.7. The standard InChI is InChI=1S/C21H26N2O5/c1-13-15-8-7-14(27-4)12-18(15)28-21(26)16(13)9-10-19(24)23-11-5-6-17(23)20(25)22(2)3/h7-8,12,17H,5-6,9-11H2,1-4H3. The second kappa shape index (κ2) is 8.04. The first-order chi connectivity index (χ1) is 13.3. The highest BCUT2D eigenvalue weighted by Crippen LogP contribution is 2.25. The lowest BCUT2D eigenvalue weighted by atomic mass is 10.0. The van der Waals surface area contributed by atoms with E-state index in [2.05, 4.69) is 0 Å². The van der Waals surface area contributed by atoms with Gasteiger partial charge in [-0.3, -0.25) is 9.59 Å². The van der Waals surface area contributed by atoms with Gasteiger partial charge in [-0.05, 0) is 43.9 Å². The smallest absolute Gasteiger partial charge is 0.339 e. The van der Waals surface area contributed by atoms with E-state index in [1.54, 1.807) is 32.2 Å². The van der Waals surface area contributed by atoms with Crippen LogP contribution in [0.25, 0.3) is 11.0 Å². The number of ether oxygens (including phenoxy) is 1. The molecule has 1 aromatic heterocycles. The Balaban J connectivity index is 1.79. The molecule has 2 heterocycles. The normalized spacial score (nSPS) is 16.4.